The lowest BCUT2D eigenvalue weighted by molar-refractivity contribution is -0.119. The highest BCUT2D eigenvalue weighted by molar-refractivity contribution is 7.99. The highest BCUT2D eigenvalue weighted by Crippen LogP contribution is 2.29. The molecular formula is C23H21Cl3N2O3S2. The van der Waals surface area contributed by atoms with E-state index in [0.29, 0.717) is 18.0 Å². The van der Waals surface area contributed by atoms with E-state index in [9.17, 15) is 13.2 Å². The van der Waals surface area contributed by atoms with Crippen LogP contribution in [0.1, 0.15) is 6.42 Å². The Morgan fingerprint density at radius 2 is 1.52 bits per heavy atom. The molecule has 0 spiro atoms. The van der Waals surface area contributed by atoms with Crippen molar-refractivity contribution in [3.63, 3.8) is 0 Å². The average Bonchev–Trinajstić information content (AvgIpc) is 2.78. The topological polar surface area (TPSA) is 66.5 Å². The fourth-order valence-corrected chi connectivity index (χ4v) is 5.84. The molecular weight excluding hydrogens is 523 g/mol. The number of halogens is 3. The van der Waals surface area contributed by atoms with E-state index in [1.807, 2.05) is 24.3 Å². The summed E-state index contributed by atoms with van der Waals surface area (Å²) in [5.74, 6) is 0.361. The van der Waals surface area contributed by atoms with Gasteiger partial charge in [-0.25, -0.2) is 8.42 Å². The molecule has 174 valence electrons. The predicted octanol–water partition coefficient (Wildman–Crippen LogP) is 6.14. The van der Waals surface area contributed by atoms with Crippen molar-refractivity contribution in [3.05, 3.63) is 87.9 Å². The standard InChI is InChI=1S/C23H21Cl3N2O3S2/c24-17-7-9-21(10-8-17)32-12-4-11-27-23(29)16-28(20-14-18(25)13-19(26)15-20)33(30,31)22-5-2-1-3-6-22/h1-3,5-10,13-15H,4,11-12,16H2,(H,27,29). The highest BCUT2D eigenvalue weighted by atomic mass is 35.5. The summed E-state index contributed by atoms with van der Waals surface area (Å²) in [6, 6.07) is 19.9. The Hall–Kier alpha value is -1.90. The Morgan fingerprint density at radius 3 is 2.15 bits per heavy atom. The van der Waals surface area contributed by atoms with Crippen LogP contribution in [0.3, 0.4) is 0 Å². The summed E-state index contributed by atoms with van der Waals surface area (Å²) in [6.45, 7) is 0.00712. The van der Waals surface area contributed by atoms with Gasteiger partial charge in [-0.05, 0) is 66.8 Å². The van der Waals surface area contributed by atoms with Gasteiger partial charge in [0.2, 0.25) is 5.91 Å². The van der Waals surface area contributed by atoms with Crippen molar-refractivity contribution in [2.75, 3.05) is 23.1 Å². The second-order valence-corrected chi connectivity index (χ2v) is 11.3. The first-order valence-corrected chi connectivity index (χ1v) is 13.5. The molecule has 1 N–H and O–H groups in total. The number of carbonyl (C=O) groups is 1. The minimum atomic E-state index is -4.02. The number of benzene rings is 3. The third-order valence-corrected chi connectivity index (χ3v) is 8.05. The molecule has 0 atom stereocenters. The summed E-state index contributed by atoms with van der Waals surface area (Å²) < 4.78 is 27.6. The van der Waals surface area contributed by atoms with Crippen LogP contribution in [-0.2, 0) is 14.8 Å². The molecule has 0 aliphatic heterocycles. The number of carbonyl (C=O) groups excluding carboxylic acids is 1. The van der Waals surface area contributed by atoms with Crippen molar-refractivity contribution in [2.24, 2.45) is 0 Å². The average molecular weight is 544 g/mol. The van der Waals surface area contributed by atoms with Crippen LogP contribution in [0.25, 0.3) is 0 Å². The lowest BCUT2D eigenvalue weighted by Crippen LogP contribution is -2.41. The summed E-state index contributed by atoms with van der Waals surface area (Å²) in [6.07, 6.45) is 0.716. The van der Waals surface area contributed by atoms with E-state index >= 15 is 0 Å². The van der Waals surface area contributed by atoms with Gasteiger partial charge in [-0.3, -0.25) is 9.10 Å². The number of nitrogens with one attached hydrogen (secondary N) is 1. The maximum absolute atomic E-state index is 13.3. The molecule has 3 aromatic carbocycles. The van der Waals surface area contributed by atoms with E-state index in [0.717, 1.165) is 15.0 Å². The number of amides is 1. The lowest BCUT2D eigenvalue weighted by Gasteiger charge is -2.24. The maximum Gasteiger partial charge on any atom is 0.264 e. The molecule has 0 fully saturated rings. The van der Waals surface area contributed by atoms with Crippen LogP contribution < -0.4 is 9.62 Å². The minimum Gasteiger partial charge on any atom is -0.354 e. The first-order chi connectivity index (χ1) is 15.8. The van der Waals surface area contributed by atoms with E-state index in [1.54, 1.807) is 30.0 Å². The van der Waals surface area contributed by atoms with Gasteiger partial charge in [-0.2, -0.15) is 0 Å². The van der Waals surface area contributed by atoms with Crippen molar-refractivity contribution in [1.82, 2.24) is 5.32 Å². The number of hydrogen-bond donors (Lipinski definition) is 1. The highest BCUT2D eigenvalue weighted by Gasteiger charge is 2.27. The molecule has 3 aromatic rings. The number of nitrogens with zero attached hydrogens (tertiary/aromatic N) is 1. The van der Waals surface area contributed by atoms with Crippen LogP contribution in [0.5, 0.6) is 0 Å². The van der Waals surface area contributed by atoms with Gasteiger partial charge in [-0.15, -0.1) is 11.8 Å². The molecule has 0 bridgehead atoms. The zero-order chi connectivity index (χ0) is 23.8. The Kier molecular flexibility index (Phi) is 9.35. The van der Waals surface area contributed by atoms with Gasteiger partial charge in [-0.1, -0.05) is 53.0 Å². The molecule has 0 aliphatic carbocycles. The summed E-state index contributed by atoms with van der Waals surface area (Å²) >= 11 is 19.7. The second-order valence-electron chi connectivity index (χ2n) is 6.96. The van der Waals surface area contributed by atoms with Crippen molar-refractivity contribution in [1.29, 1.82) is 0 Å². The Balaban J connectivity index is 1.65. The van der Waals surface area contributed by atoms with Crippen LogP contribution in [0.15, 0.2) is 82.6 Å². The molecule has 10 heteroatoms. The van der Waals surface area contributed by atoms with Crippen molar-refractivity contribution >= 4 is 68.2 Å². The fourth-order valence-electron chi connectivity index (χ4n) is 2.93. The molecule has 1 amide bonds. The van der Waals surface area contributed by atoms with Gasteiger partial charge in [0.15, 0.2) is 0 Å². The van der Waals surface area contributed by atoms with Gasteiger partial charge < -0.3 is 5.32 Å². The summed E-state index contributed by atoms with van der Waals surface area (Å²) in [5, 5.41) is 4.01. The predicted molar refractivity (Wildman–Crippen MR) is 137 cm³/mol. The van der Waals surface area contributed by atoms with Gasteiger partial charge in [0, 0.05) is 26.5 Å². The molecule has 0 unspecified atom stereocenters. The van der Waals surface area contributed by atoms with Crippen LogP contribution in [-0.4, -0.2) is 33.2 Å². The maximum atomic E-state index is 13.3. The lowest BCUT2D eigenvalue weighted by atomic mass is 10.3. The number of anilines is 1. The third-order valence-electron chi connectivity index (χ3n) is 4.48. The van der Waals surface area contributed by atoms with Crippen LogP contribution in [0.4, 0.5) is 5.69 Å². The van der Waals surface area contributed by atoms with Gasteiger partial charge in [0.1, 0.15) is 6.54 Å². The molecule has 0 saturated heterocycles. The quantitative estimate of drug-likeness (QED) is 0.246. The molecule has 0 heterocycles. The second kappa shape index (κ2) is 12.0. The Bertz CT molecular complexity index is 1170. The zero-order valence-electron chi connectivity index (χ0n) is 17.4. The largest absolute Gasteiger partial charge is 0.354 e. The SMILES string of the molecule is O=C(CN(c1cc(Cl)cc(Cl)c1)S(=O)(=O)c1ccccc1)NCCCSc1ccc(Cl)cc1. The van der Waals surface area contributed by atoms with Gasteiger partial charge >= 0.3 is 0 Å². The van der Waals surface area contributed by atoms with Gasteiger partial charge in [0.25, 0.3) is 10.0 Å². The number of hydrogen-bond acceptors (Lipinski definition) is 4. The van der Waals surface area contributed by atoms with E-state index in [4.69, 9.17) is 34.8 Å². The molecule has 0 aliphatic rings. The number of thioether (sulfide) groups is 1. The van der Waals surface area contributed by atoms with Crippen LogP contribution in [0.2, 0.25) is 15.1 Å². The zero-order valence-corrected chi connectivity index (χ0v) is 21.3. The van der Waals surface area contributed by atoms with E-state index < -0.39 is 22.5 Å². The molecule has 5 nitrogen and oxygen atoms in total. The number of sulfonamides is 1. The van der Waals surface area contributed by atoms with Crippen molar-refractivity contribution < 1.29 is 13.2 Å². The summed E-state index contributed by atoms with van der Waals surface area (Å²) in [4.78, 5) is 13.8. The first kappa shape index (κ1) is 25.7. The van der Waals surface area contributed by atoms with Crippen LogP contribution in [0, 0.1) is 0 Å². The third kappa shape index (κ3) is 7.55. The van der Waals surface area contributed by atoms with E-state index in [-0.39, 0.29) is 20.6 Å². The van der Waals surface area contributed by atoms with E-state index in [2.05, 4.69) is 5.32 Å². The van der Waals surface area contributed by atoms with Crippen molar-refractivity contribution in [2.45, 2.75) is 16.2 Å². The molecule has 0 radical (unpaired) electrons. The molecule has 0 aromatic heterocycles. The van der Waals surface area contributed by atoms with Crippen LogP contribution >= 0.6 is 46.6 Å². The fraction of sp³-hybridized carbons (Fsp3) is 0.174. The summed E-state index contributed by atoms with van der Waals surface area (Å²) in [7, 11) is -4.02. The summed E-state index contributed by atoms with van der Waals surface area (Å²) in [5.41, 5.74) is 0.213. The van der Waals surface area contributed by atoms with Gasteiger partial charge in [0.05, 0.1) is 10.6 Å². The minimum absolute atomic E-state index is 0.0632. The molecule has 3 rings (SSSR count). The monoisotopic (exact) mass is 542 g/mol. The Morgan fingerprint density at radius 1 is 0.879 bits per heavy atom. The molecule has 0 saturated carbocycles. The van der Waals surface area contributed by atoms with E-state index in [1.165, 1.54) is 30.3 Å². The Labute approximate surface area is 213 Å². The first-order valence-electron chi connectivity index (χ1n) is 9.94. The molecule has 33 heavy (non-hydrogen) atoms. The smallest absolute Gasteiger partial charge is 0.264 e. The normalized spacial score (nSPS) is 11.2. The van der Waals surface area contributed by atoms with Crippen molar-refractivity contribution in [3.8, 4) is 0 Å². The number of rotatable bonds is 10.